The van der Waals surface area contributed by atoms with Gasteiger partial charge in [0.05, 0.1) is 19.3 Å². The summed E-state index contributed by atoms with van der Waals surface area (Å²) >= 11 is 0. The monoisotopic (exact) mass is 456 g/mol. The van der Waals surface area contributed by atoms with Gasteiger partial charge in [-0.15, -0.1) is 0 Å². The lowest BCUT2D eigenvalue weighted by atomic mass is 10.1. The lowest BCUT2D eigenvalue weighted by molar-refractivity contribution is -0.128. The molecule has 2 heterocycles. The Kier molecular flexibility index (Phi) is 9.13. The number of benzene rings is 1. The molecule has 1 aromatic carbocycles. The van der Waals surface area contributed by atoms with Gasteiger partial charge in [0.25, 0.3) is 6.47 Å². The maximum absolute atomic E-state index is 13.1. The summed E-state index contributed by atoms with van der Waals surface area (Å²) in [6.07, 6.45) is 6.07. The van der Waals surface area contributed by atoms with Crippen LogP contribution in [0.3, 0.4) is 0 Å². The Bertz CT molecular complexity index is 994. The number of aliphatic hydroxyl groups is 1. The van der Waals surface area contributed by atoms with Crippen molar-refractivity contribution >= 4 is 24.1 Å². The minimum Gasteiger partial charge on any atom is -0.468 e. The molecule has 0 radical (unpaired) electrons. The zero-order chi connectivity index (χ0) is 23.5. The van der Waals surface area contributed by atoms with Crippen molar-refractivity contribution in [2.75, 3.05) is 23.8 Å². The second kappa shape index (κ2) is 12.5. The van der Waals surface area contributed by atoms with Crippen LogP contribution in [0.4, 0.5) is 22.0 Å². The Morgan fingerprint density at radius 1 is 1.27 bits per heavy atom. The Balaban J connectivity index is 0.000000383. The van der Waals surface area contributed by atoms with Gasteiger partial charge in [-0.05, 0) is 43.0 Å². The van der Waals surface area contributed by atoms with Crippen LogP contribution in [0.25, 0.3) is 0 Å². The predicted molar refractivity (Wildman–Crippen MR) is 123 cm³/mol. The minimum atomic E-state index is -0.433. The fourth-order valence-electron chi connectivity index (χ4n) is 2.99. The summed E-state index contributed by atoms with van der Waals surface area (Å²) < 4.78 is 17.5. The molecule has 3 aromatic rings. The van der Waals surface area contributed by atoms with Gasteiger partial charge in [-0.2, -0.15) is 10.1 Å². The van der Waals surface area contributed by atoms with E-state index in [0.717, 1.165) is 24.1 Å². The molecule has 1 aliphatic carbocycles. The van der Waals surface area contributed by atoms with Crippen molar-refractivity contribution in [2.24, 2.45) is 0 Å². The number of nitrogens with one attached hydrogen (secondary N) is 3. The van der Waals surface area contributed by atoms with Gasteiger partial charge in [-0.25, -0.2) is 9.37 Å². The number of rotatable bonds is 11. The van der Waals surface area contributed by atoms with Crippen molar-refractivity contribution in [1.29, 1.82) is 0 Å². The summed E-state index contributed by atoms with van der Waals surface area (Å²) in [5.74, 6) is 1.93. The number of H-pyrrole nitrogens is 1. The predicted octanol–water partition coefficient (Wildman–Crippen LogP) is 4.06. The van der Waals surface area contributed by atoms with Gasteiger partial charge in [0, 0.05) is 23.9 Å². The van der Waals surface area contributed by atoms with Gasteiger partial charge in [-0.1, -0.05) is 25.5 Å². The van der Waals surface area contributed by atoms with Crippen LogP contribution in [0.2, 0.25) is 0 Å². The summed E-state index contributed by atoms with van der Waals surface area (Å²) in [5.41, 5.74) is 1.88. The highest BCUT2D eigenvalue weighted by Gasteiger charge is 2.25. The summed E-state index contributed by atoms with van der Waals surface area (Å²) in [4.78, 5) is 18.0. The first kappa shape index (κ1) is 24.1. The number of carbonyl (C=O) groups excluding carboxylic acids is 1. The number of halogens is 1. The SMILES string of the molecule is CCCCOC=O.OCC(Nc1nccc(Nc2cc(C3CC3)[nH]n2)n1)c1ccc(F)cc1. The fraction of sp³-hybridized carbons (Fsp3) is 0.391. The maximum atomic E-state index is 13.1. The van der Waals surface area contributed by atoms with Crippen LogP contribution in [0.1, 0.15) is 55.8 Å². The number of aromatic amines is 1. The molecule has 1 fully saturated rings. The maximum Gasteiger partial charge on any atom is 0.293 e. The molecular weight excluding hydrogens is 427 g/mol. The largest absolute Gasteiger partial charge is 0.468 e. The first-order valence-electron chi connectivity index (χ1n) is 11.0. The van der Waals surface area contributed by atoms with Crippen LogP contribution in [0.15, 0.2) is 42.6 Å². The van der Waals surface area contributed by atoms with E-state index < -0.39 is 6.04 Å². The number of carbonyl (C=O) groups is 1. The molecule has 33 heavy (non-hydrogen) atoms. The number of unbranched alkanes of at least 4 members (excludes halogenated alkanes) is 1. The van der Waals surface area contributed by atoms with Gasteiger partial charge in [0.2, 0.25) is 5.95 Å². The number of aromatic nitrogens is 4. The molecule has 0 spiro atoms. The van der Waals surface area contributed by atoms with E-state index in [9.17, 15) is 14.3 Å². The lowest BCUT2D eigenvalue weighted by Gasteiger charge is -2.17. The van der Waals surface area contributed by atoms with Crippen LogP contribution in [0.5, 0.6) is 0 Å². The Hall–Kier alpha value is -3.53. The molecule has 176 valence electrons. The van der Waals surface area contributed by atoms with Crippen LogP contribution >= 0.6 is 0 Å². The fourth-order valence-corrected chi connectivity index (χ4v) is 2.99. The molecule has 1 aliphatic rings. The zero-order valence-corrected chi connectivity index (χ0v) is 18.5. The third-order valence-electron chi connectivity index (χ3n) is 4.97. The first-order valence-corrected chi connectivity index (χ1v) is 11.0. The van der Waals surface area contributed by atoms with Crippen molar-refractivity contribution < 1.29 is 19.0 Å². The van der Waals surface area contributed by atoms with Crippen LogP contribution in [-0.2, 0) is 9.53 Å². The van der Waals surface area contributed by atoms with Crippen molar-refractivity contribution in [3.63, 3.8) is 0 Å². The van der Waals surface area contributed by atoms with Gasteiger partial charge >= 0.3 is 0 Å². The standard InChI is InChI=1S/C18H19FN6O.C5H10O2/c19-13-5-3-12(4-6-13)15(10-26)21-18-20-8-7-16(23-18)22-17-9-14(24-25-17)11-1-2-11;1-2-3-4-7-5-6/h3-9,11,15,26H,1-2,10H2,(H3,20,21,22,23,24,25);5H,2-4H2,1H3. The normalized spacial score (nSPS) is 13.4. The zero-order valence-electron chi connectivity index (χ0n) is 18.5. The molecule has 1 atom stereocenters. The van der Waals surface area contributed by atoms with E-state index in [2.05, 4.69) is 35.5 Å². The highest BCUT2D eigenvalue weighted by Crippen LogP contribution is 2.39. The summed E-state index contributed by atoms with van der Waals surface area (Å²) in [6, 6.07) is 9.24. The minimum absolute atomic E-state index is 0.170. The average Bonchev–Trinajstić information content (AvgIpc) is 3.58. The molecule has 10 heteroatoms. The molecule has 1 saturated carbocycles. The molecule has 4 rings (SSSR count). The molecule has 2 aromatic heterocycles. The number of aliphatic hydroxyl groups excluding tert-OH is 1. The van der Waals surface area contributed by atoms with Crippen LogP contribution in [0, 0.1) is 5.82 Å². The molecular formula is C23H29FN6O3. The summed E-state index contributed by atoms with van der Waals surface area (Å²) in [6.45, 7) is 2.93. The molecule has 0 aliphatic heterocycles. The highest BCUT2D eigenvalue weighted by atomic mass is 19.1. The van der Waals surface area contributed by atoms with E-state index in [1.807, 2.05) is 13.0 Å². The number of anilines is 3. The topological polar surface area (TPSA) is 125 Å². The third kappa shape index (κ3) is 7.83. The number of nitrogens with zero attached hydrogens (tertiary/aromatic N) is 3. The lowest BCUT2D eigenvalue weighted by Crippen LogP contribution is -2.16. The van der Waals surface area contributed by atoms with E-state index in [-0.39, 0.29) is 12.4 Å². The van der Waals surface area contributed by atoms with E-state index in [4.69, 9.17) is 0 Å². The van der Waals surface area contributed by atoms with Crippen molar-refractivity contribution in [2.45, 2.75) is 44.6 Å². The summed E-state index contributed by atoms with van der Waals surface area (Å²) in [5, 5.41) is 23.1. The Labute approximate surface area is 191 Å². The van der Waals surface area contributed by atoms with E-state index in [1.165, 1.54) is 25.0 Å². The smallest absolute Gasteiger partial charge is 0.293 e. The van der Waals surface area contributed by atoms with Gasteiger partial charge < -0.3 is 20.5 Å². The van der Waals surface area contributed by atoms with Crippen LogP contribution in [-0.4, -0.2) is 45.0 Å². The van der Waals surface area contributed by atoms with Gasteiger partial charge in [0.15, 0.2) is 5.82 Å². The third-order valence-corrected chi connectivity index (χ3v) is 4.97. The van der Waals surface area contributed by atoms with E-state index in [0.29, 0.717) is 36.6 Å². The molecule has 0 amide bonds. The van der Waals surface area contributed by atoms with Crippen molar-refractivity contribution in [1.82, 2.24) is 20.2 Å². The second-order valence-corrected chi connectivity index (χ2v) is 7.62. The van der Waals surface area contributed by atoms with Crippen LogP contribution < -0.4 is 10.6 Å². The van der Waals surface area contributed by atoms with Gasteiger partial charge in [-0.3, -0.25) is 9.89 Å². The number of hydrogen-bond acceptors (Lipinski definition) is 8. The number of hydrogen-bond donors (Lipinski definition) is 4. The molecule has 0 saturated heterocycles. The Morgan fingerprint density at radius 2 is 2.06 bits per heavy atom. The van der Waals surface area contributed by atoms with Gasteiger partial charge in [0.1, 0.15) is 11.6 Å². The van der Waals surface area contributed by atoms with E-state index in [1.54, 1.807) is 24.4 Å². The molecule has 1 unspecified atom stereocenters. The first-order chi connectivity index (χ1) is 16.1. The number of ether oxygens (including phenoxy) is 1. The highest BCUT2D eigenvalue weighted by molar-refractivity contribution is 5.53. The summed E-state index contributed by atoms with van der Waals surface area (Å²) in [7, 11) is 0. The van der Waals surface area contributed by atoms with Crippen molar-refractivity contribution in [3.05, 3.63) is 59.7 Å². The van der Waals surface area contributed by atoms with E-state index >= 15 is 0 Å². The molecule has 4 N–H and O–H groups in total. The molecule has 0 bridgehead atoms. The Morgan fingerprint density at radius 3 is 2.73 bits per heavy atom. The van der Waals surface area contributed by atoms with Crippen molar-refractivity contribution in [3.8, 4) is 0 Å². The average molecular weight is 457 g/mol. The quantitative estimate of drug-likeness (QED) is 0.251. The second-order valence-electron chi connectivity index (χ2n) is 7.62. The molecule has 9 nitrogen and oxygen atoms in total.